The second-order valence-electron chi connectivity index (χ2n) is 7.27. The molecule has 1 fully saturated rings. The van der Waals surface area contributed by atoms with Crippen LogP contribution in [0.2, 0.25) is 5.02 Å². The Morgan fingerprint density at radius 1 is 1.09 bits per heavy atom. The second-order valence-corrected chi connectivity index (χ2v) is 9.39. The van der Waals surface area contributed by atoms with Crippen LogP contribution in [0.3, 0.4) is 0 Å². The summed E-state index contributed by atoms with van der Waals surface area (Å²) in [6, 6.07) is 12.9. The quantitative estimate of drug-likeness (QED) is 0.456. The van der Waals surface area contributed by atoms with Crippen LogP contribution >= 0.6 is 11.6 Å². The minimum atomic E-state index is -5.08. The van der Waals surface area contributed by atoms with Crippen molar-refractivity contribution in [2.24, 2.45) is 0 Å². The van der Waals surface area contributed by atoms with Crippen LogP contribution in [0, 0.1) is 0 Å². The molecule has 34 heavy (non-hydrogen) atoms. The SMILES string of the molecule is COCCNC(=O)C1(c2ccc(NS(=O)(=O)c3ccc(Cl)cc3)cc2)CC1.O=C(O)C(F)(F)F. The summed E-state index contributed by atoms with van der Waals surface area (Å²) >= 11 is 5.80. The van der Waals surface area contributed by atoms with Crippen LogP contribution in [0.15, 0.2) is 53.4 Å². The molecule has 1 aliphatic carbocycles. The maximum atomic E-state index is 12.4. The lowest BCUT2D eigenvalue weighted by atomic mass is 9.95. The first-order chi connectivity index (χ1) is 15.8. The van der Waals surface area contributed by atoms with Gasteiger partial charge in [-0.25, -0.2) is 13.2 Å². The first kappa shape index (κ1) is 27.4. The minimum absolute atomic E-state index is 0.0194. The van der Waals surface area contributed by atoms with Crippen molar-refractivity contribution < 1.29 is 41.0 Å². The van der Waals surface area contributed by atoms with Crippen LogP contribution in [0.25, 0.3) is 0 Å². The minimum Gasteiger partial charge on any atom is -0.475 e. The number of methoxy groups -OCH3 is 1. The van der Waals surface area contributed by atoms with Crippen molar-refractivity contribution in [2.75, 3.05) is 25.0 Å². The topological polar surface area (TPSA) is 122 Å². The number of carboxylic acids is 1. The van der Waals surface area contributed by atoms with Gasteiger partial charge in [-0.2, -0.15) is 13.2 Å². The molecular formula is C21H22ClF3N2O6S. The van der Waals surface area contributed by atoms with E-state index in [9.17, 15) is 26.4 Å². The molecule has 0 radical (unpaired) electrons. The fourth-order valence-electron chi connectivity index (χ4n) is 2.89. The van der Waals surface area contributed by atoms with Gasteiger partial charge in [0.15, 0.2) is 0 Å². The summed E-state index contributed by atoms with van der Waals surface area (Å²) in [6.07, 6.45) is -3.52. The normalized spacial score (nSPS) is 14.4. The third-order valence-electron chi connectivity index (χ3n) is 4.83. The number of carbonyl (C=O) groups is 2. The van der Waals surface area contributed by atoms with Crippen molar-refractivity contribution in [3.63, 3.8) is 0 Å². The Morgan fingerprint density at radius 3 is 2.06 bits per heavy atom. The molecule has 2 aromatic rings. The monoisotopic (exact) mass is 522 g/mol. The smallest absolute Gasteiger partial charge is 0.475 e. The van der Waals surface area contributed by atoms with E-state index >= 15 is 0 Å². The number of amides is 1. The van der Waals surface area contributed by atoms with Gasteiger partial charge in [0.1, 0.15) is 0 Å². The molecule has 0 bridgehead atoms. The molecule has 3 rings (SSSR count). The largest absolute Gasteiger partial charge is 0.490 e. The maximum absolute atomic E-state index is 12.4. The van der Waals surface area contributed by atoms with E-state index in [4.69, 9.17) is 26.2 Å². The van der Waals surface area contributed by atoms with Crippen molar-refractivity contribution in [3.8, 4) is 0 Å². The molecule has 1 aliphatic rings. The molecule has 0 aliphatic heterocycles. The zero-order chi connectivity index (χ0) is 25.6. The highest BCUT2D eigenvalue weighted by Crippen LogP contribution is 2.48. The summed E-state index contributed by atoms with van der Waals surface area (Å²) in [5.74, 6) is -2.78. The van der Waals surface area contributed by atoms with Crippen molar-refractivity contribution >= 4 is 39.2 Å². The molecule has 13 heteroatoms. The number of carbonyl (C=O) groups excluding carboxylic acids is 1. The van der Waals surface area contributed by atoms with Crippen LogP contribution in [0.1, 0.15) is 18.4 Å². The molecule has 3 N–H and O–H groups in total. The Bertz CT molecular complexity index is 1100. The standard InChI is InChI=1S/C19H21ClN2O4S.C2HF3O2/c1-26-13-12-21-18(23)19(10-11-19)14-2-6-16(7-3-14)22-27(24,25)17-8-4-15(20)5-9-17;3-2(4,5)1(6)7/h2-9,22H,10-13H2,1H3,(H,21,23);(H,6,7). The van der Waals surface area contributed by atoms with Gasteiger partial charge in [-0.05, 0) is 54.8 Å². The Kier molecular flexibility index (Phi) is 8.92. The molecule has 8 nitrogen and oxygen atoms in total. The molecule has 0 atom stereocenters. The predicted molar refractivity (Wildman–Crippen MR) is 118 cm³/mol. The third-order valence-corrected chi connectivity index (χ3v) is 6.48. The number of hydrogen-bond donors (Lipinski definition) is 3. The number of rotatable bonds is 8. The van der Waals surface area contributed by atoms with Gasteiger partial charge < -0.3 is 15.2 Å². The number of benzene rings is 2. The summed E-state index contributed by atoms with van der Waals surface area (Å²) in [5, 5.41) is 10.5. The molecule has 186 valence electrons. The lowest BCUT2D eigenvalue weighted by Crippen LogP contribution is -2.36. The number of hydrogen-bond acceptors (Lipinski definition) is 5. The number of carboxylic acid groups (broad SMARTS) is 1. The predicted octanol–water partition coefficient (Wildman–Crippen LogP) is 3.57. The van der Waals surface area contributed by atoms with Gasteiger partial charge in [-0.3, -0.25) is 9.52 Å². The Morgan fingerprint density at radius 2 is 1.62 bits per heavy atom. The molecule has 0 unspecified atom stereocenters. The molecule has 0 spiro atoms. The fourth-order valence-corrected chi connectivity index (χ4v) is 4.08. The number of nitrogens with one attached hydrogen (secondary N) is 2. The summed E-state index contributed by atoms with van der Waals surface area (Å²) in [4.78, 5) is 21.5. The molecule has 2 aromatic carbocycles. The average molecular weight is 523 g/mol. The number of anilines is 1. The number of aliphatic carboxylic acids is 1. The Labute approximate surface area is 199 Å². The second kappa shape index (κ2) is 11.1. The first-order valence-electron chi connectivity index (χ1n) is 9.78. The molecule has 0 saturated heterocycles. The van der Waals surface area contributed by atoms with Crippen LogP contribution in [-0.2, 0) is 29.8 Å². The van der Waals surface area contributed by atoms with E-state index in [1.807, 2.05) is 0 Å². The average Bonchev–Trinajstić information content (AvgIpc) is 3.56. The van der Waals surface area contributed by atoms with Crippen molar-refractivity contribution in [2.45, 2.75) is 29.3 Å². The highest BCUT2D eigenvalue weighted by molar-refractivity contribution is 7.92. The fraction of sp³-hybridized carbons (Fsp3) is 0.333. The van der Waals surface area contributed by atoms with Gasteiger partial charge >= 0.3 is 12.1 Å². The highest BCUT2D eigenvalue weighted by Gasteiger charge is 2.51. The van der Waals surface area contributed by atoms with Crippen LogP contribution in [0.4, 0.5) is 18.9 Å². The van der Waals surface area contributed by atoms with Crippen molar-refractivity contribution in [1.29, 1.82) is 0 Å². The molecule has 0 heterocycles. The Hall–Kier alpha value is -2.83. The van der Waals surface area contributed by atoms with Crippen LogP contribution in [-0.4, -0.2) is 51.8 Å². The highest BCUT2D eigenvalue weighted by atomic mass is 35.5. The van der Waals surface area contributed by atoms with Crippen LogP contribution < -0.4 is 10.0 Å². The van der Waals surface area contributed by atoms with Crippen molar-refractivity contribution in [1.82, 2.24) is 5.32 Å². The van der Waals surface area contributed by atoms with Crippen molar-refractivity contribution in [3.05, 3.63) is 59.1 Å². The number of sulfonamides is 1. The summed E-state index contributed by atoms with van der Waals surface area (Å²) in [7, 11) is -2.11. The third kappa shape index (κ3) is 7.34. The van der Waals surface area contributed by atoms with Gasteiger partial charge in [0, 0.05) is 24.4 Å². The molecule has 0 aromatic heterocycles. The van der Waals surface area contributed by atoms with Crippen LogP contribution in [0.5, 0.6) is 0 Å². The maximum Gasteiger partial charge on any atom is 0.490 e. The van der Waals surface area contributed by atoms with Gasteiger partial charge in [0.25, 0.3) is 10.0 Å². The zero-order valence-corrected chi connectivity index (χ0v) is 19.4. The molecule has 1 amide bonds. The van der Waals surface area contributed by atoms with Gasteiger partial charge in [0.05, 0.1) is 16.9 Å². The van der Waals surface area contributed by atoms with Gasteiger partial charge in [-0.15, -0.1) is 0 Å². The zero-order valence-electron chi connectivity index (χ0n) is 17.9. The van der Waals surface area contributed by atoms with Gasteiger partial charge in [0.2, 0.25) is 5.91 Å². The number of alkyl halides is 3. The van der Waals surface area contributed by atoms with E-state index in [2.05, 4.69) is 10.0 Å². The molecular weight excluding hydrogens is 501 g/mol. The first-order valence-corrected chi connectivity index (χ1v) is 11.6. The number of ether oxygens (including phenoxy) is 1. The Balaban J connectivity index is 0.000000509. The summed E-state index contributed by atoms with van der Waals surface area (Å²) < 4.78 is 64.1. The molecule has 1 saturated carbocycles. The van der Waals surface area contributed by atoms with E-state index in [0.29, 0.717) is 23.9 Å². The summed E-state index contributed by atoms with van der Waals surface area (Å²) in [6.45, 7) is 0.934. The van der Waals surface area contributed by atoms with E-state index in [0.717, 1.165) is 18.4 Å². The van der Waals surface area contributed by atoms with E-state index in [-0.39, 0.29) is 10.8 Å². The lowest BCUT2D eigenvalue weighted by Gasteiger charge is -2.16. The van der Waals surface area contributed by atoms with Gasteiger partial charge in [-0.1, -0.05) is 23.7 Å². The number of halogens is 4. The lowest BCUT2D eigenvalue weighted by molar-refractivity contribution is -0.192. The summed E-state index contributed by atoms with van der Waals surface area (Å²) in [5.41, 5.74) is 0.803. The van der Waals surface area contributed by atoms with E-state index in [1.54, 1.807) is 31.4 Å². The van der Waals surface area contributed by atoms with E-state index < -0.39 is 27.6 Å². The van der Waals surface area contributed by atoms with E-state index in [1.165, 1.54) is 24.3 Å².